The van der Waals surface area contributed by atoms with Gasteiger partial charge in [-0.2, -0.15) is 0 Å². The third-order valence-corrected chi connectivity index (χ3v) is 1.97. The summed E-state index contributed by atoms with van der Waals surface area (Å²) in [7, 11) is 0. The van der Waals surface area contributed by atoms with E-state index in [0.29, 0.717) is 6.61 Å². The van der Waals surface area contributed by atoms with E-state index in [9.17, 15) is 4.79 Å². The first-order chi connectivity index (χ1) is 7.20. The molecule has 0 aliphatic carbocycles. The lowest BCUT2D eigenvalue weighted by Gasteiger charge is -1.99. The number of hydrogen-bond acceptors (Lipinski definition) is 4. The van der Waals surface area contributed by atoms with Gasteiger partial charge >= 0.3 is 5.97 Å². The van der Waals surface area contributed by atoms with E-state index >= 15 is 0 Å². The molecule has 2 heterocycles. The highest BCUT2D eigenvalue weighted by atomic mass is 16.5. The van der Waals surface area contributed by atoms with Gasteiger partial charge in [-0.3, -0.25) is 0 Å². The molecular weight excluding hydrogens is 194 g/mol. The second-order valence-corrected chi connectivity index (χ2v) is 3.13. The van der Waals surface area contributed by atoms with Crippen LogP contribution < -0.4 is 0 Å². The standard InChI is InChI=1S/C10H11N3O2/c1-3-15-10(14)8-4-7-9(5-11-8)13-6(2)12-7/h4-5H,3H2,1-2H3,(H,12,13). The van der Waals surface area contributed by atoms with Crippen molar-refractivity contribution < 1.29 is 9.53 Å². The molecule has 0 spiro atoms. The summed E-state index contributed by atoms with van der Waals surface area (Å²) in [6.07, 6.45) is 1.58. The molecule has 15 heavy (non-hydrogen) atoms. The Morgan fingerprint density at radius 3 is 3.13 bits per heavy atom. The van der Waals surface area contributed by atoms with E-state index < -0.39 is 5.97 Å². The summed E-state index contributed by atoms with van der Waals surface area (Å²) < 4.78 is 4.84. The van der Waals surface area contributed by atoms with Crippen LogP contribution in [0.1, 0.15) is 23.2 Å². The van der Waals surface area contributed by atoms with Crippen LogP contribution in [0.3, 0.4) is 0 Å². The molecule has 0 aliphatic heterocycles. The molecule has 2 aromatic rings. The number of hydrogen-bond donors (Lipinski definition) is 1. The average molecular weight is 205 g/mol. The summed E-state index contributed by atoms with van der Waals surface area (Å²) in [6.45, 7) is 3.96. The second kappa shape index (κ2) is 3.68. The van der Waals surface area contributed by atoms with E-state index in [2.05, 4.69) is 15.0 Å². The molecule has 0 saturated carbocycles. The summed E-state index contributed by atoms with van der Waals surface area (Å²) in [5, 5.41) is 0. The van der Waals surface area contributed by atoms with Crippen LogP contribution in [0.5, 0.6) is 0 Å². The van der Waals surface area contributed by atoms with Gasteiger partial charge in [-0.05, 0) is 19.9 Å². The van der Waals surface area contributed by atoms with Crippen molar-refractivity contribution in [1.82, 2.24) is 15.0 Å². The zero-order chi connectivity index (χ0) is 10.8. The van der Waals surface area contributed by atoms with Gasteiger partial charge in [0.2, 0.25) is 0 Å². The third-order valence-electron chi connectivity index (χ3n) is 1.97. The summed E-state index contributed by atoms with van der Waals surface area (Å²) in [5.41, 5.74) is 1.84. The van der Waals surface area contributed by atoms with Crippen LogP contribution in [0.15, 0.2) is 12.3 Å². The molecule has 5 nitrogen and oxygen atoms in total. The number of aromatic nitrogens is 3. The molecule has 0 aliphatic rings. The normalized spacial score (nSPS) is 10.5. The molecule has 5 heteroatoms. The maximum atomic E-state index is 11.4. The number of imidazole rings is 1. The van der Waals surface area contributed by atoms with Crippen LogP contribution in [0.2, 0.25) is 0 Å². The fourth-order valence-electron chi connectivity index (χ4n) is 1.35. The summed E-state index contributed by atoms with van der Waals surface area (Å²) in [6, 6.07) is 1.62. The average Bonchev–Trinajstić information content (AvgIpc) is 2.57. The first kappa shape index (κ1) is 9.64. The topological polar surface area (TPSA) is 67.9 Å². The van der Waals surface area contributed by atoms with Crippen LogP contribution in [-0.2, 0) is 4.74 Å². The van der Waals surface area contributed by atoms with E-state index in [-0.39, 0.29) is 5.69 Å². The van der Waals surface area contributed by atoms with E-state index in [1.807, 2.05) is 6.92 Å². The van der Waals surface area contributed by atoms with Gasteiger partial charge in [0.1, 0.15) is 5.82 Å². The molecule has 78 valence electrons. The van der Waals surface area contributed by atoms with Crippen molar-refractivity contribution in [2.45, 2.75) is 13.8 Å². The largest absolute Gasteiger partial charge is 0.461 e. The van der Waals surface area contributed by atoms with Crippen molar-refractivity contribution in [3.05, 3.63) is 23.8 Å². The first-order valence-electron chi connectivity index (χ1n) is 4.70. The molecule has 0 atom stereocenters. The number of fused-ring (bicyclic) bond motifs is 1. The van der Waals surface area contributed by atoms with Crippen LogP contribution in [0.4, 0.5) is 0 Å². The molecule has 0 amide bonds. The van der Waals surface area contributed by atoms with Gasteiger partial charge in [0.15, 0.2) is 5.69 Å². The number of nitrogens with zero attached hydrogens (tertiary/aromatic N) is 2. The summed E-state index contributed by atoms with van der Waals surface area (Å²) >= 11 is 0. The first-order valence-corrected chi connectivity index (χ1v) is 4.70. The number of rotatable bonds is 2. The highest BCUT2D eigenvalue weighted by Gasteiger charge is 2.10. The second-order valence-electron chi connectivity index (χ2n) is 3.13. The number of aromatic amines is 1. The lowest BCUT2D eigenvalue weighted by Crippen LogP contribution is -2.06. The lowest BCUT2D eigenvalue weighted by molar-refractivity contribution is 0.0519. The highest BCUT2D eigenvalue weighted by Crippen LogP contribution is 2.11. The van der Waals surface area contributed by atoms with E-state index in [1.54, 1.807) is 19.2 Å². The van der Waals surface area contributed by atoms with Crippen LogP contribution >= 0.6 is 0 Å². The van der Waals surface area contributed by atoms with Gasteiger partial charge in [-0.1, -0.05) is 0 Å². The number of ether oxygens (including phenoxy) is 1. The Morgan fingerprint density at radius 2 is 2.40 bits per heavy atom. The van der Waals surface area contributed by atoms with E-state index in [0.717, 1.165) is 16.9 Å². The van der Waals surface area contributed by atoms with Gasteiger partial charge in [-0.25, -0.2) is 14.8 Å². The molecule has 0 unspecified atom stereocenters. The monoisotopic (exact) mass is 205 g/mol. The fourth-order valence-corrected chi connectivity index (χ4v) is 1.35. The molecule has 0 saturated heterocycles. The minimum absolute atomic E-state index is 0.288. The van der Waals surface area contributed by atoms with E-state index in [4.69, 9.17) is 4.74 Å². The number of carbonyl (C=O) groups is 1. The molecule has 0 bridgehead atoms. The van der Waals surface area contributed by atoms with Crippen LogP contribution in [0.25, 0.3) is 11.0 Å². The Labute approximate surface area is 86.5 Å². The quantitative estimate of drug-likeness (QED) is 0.753. The molecule has 0 radical (unpaired) electrons. The molecule has 0 fully saturated rings. The Hall–Kier alpha value is -1.91. The fraction of sp³-hybridized carbons (Fsp3) is 0.300. The minimum atomic E-state index is -0.417. The van der Waals surface area contributed by atoms with E-state index in [1.165, 1.54) is 0 Å². The van der Waals surface area contributed by atoms with Crippen molar-refractivity contribution >= 4 is 17.0 Å². The number of H-pyrrole nitrogens is 1. The zero-order valence-corrected chi connectivity index (χ0v) is 8.57. The van der Waals surface area contributed by atoms with Crippen molar-refractivity contribution in [2.75, 3.05) is 6.61 Å². The minimum Gasteiger partial charge on any atom is -0.461 e. The van der Waals surface area contributed by atoms with Gasteiger partial charge in [0.05, 0.1) is 23.8 Å². The van der Waals surface area contributed by atoms with Crippen LogP contribution in [0, 0.1) is 6.92 Å². The third kappa shape index (κ3) is 1.81. The number of carbonyl (C=O) groups excluding carboxylic acids is 1. The predicted octanol–water partition coefficient (Wildman–Crippen LogP) is 1.44. The summed E-state index contributed by atoms with van der Waals surface area (Å²) in [4.78, 5) is 22.6. The van der Waals surface area contributed by atoms with Crippen LogP contribution in [-0.4, -0.2) is 27.5 Å². The number of aryl methyl sites for hydroxylation is 1. The maximum Gasteiger partial charge on any atom is 0.356 e. The Balaban J connectivity index is 2.41. The summed E-state index contributed by atoms with van der Waals surface area (Å²) in [5.74, 6) is 0.382. The maximum absolute atomic E-state index is 11.4. The molecule has 2 rings (SSSR count). The van der Waals surface area contributed by atoms with Crippen molar-refractivity contribution in [3.63, 3.8) is 0 Å². The van der Waals surface area contributed by atoms with Crippen molar-refractivity contribution in [2.24, 2.45) is 0 Å². The Bertz CT molecular complexity index is 504. The SMILES string of the molecule is CCOC(=O)c1cc2nc(C)[nH]c2cn1. The molecule has 0 aromatic carbocycles. The molecule has 1 N–H and O–H groups in total. The number of esters is 1. The lowest BCUT2D eigenvalue weighted by atomic mass is 10.3. The Kier molecular flexibility index (Phi) is 2.37. The van der Waals surface area contributed by atoms with Crippen molar-refractivity contribution in [3.8, 4) is 0 Å². The van der Waals surface area contributed by atoms with Gasteiger partial charge < -0.3 is 9.72 Å². The van der Waals surface area contributed by atoms with Gasteiger partial charge in [0.25, 0.3) is 0 Å². The molecular formula is C10H11N3O2. The number of pyridine rings is 1. The van der Waals surface area contributed by atoms with Gasteiger partial charge in [-0.15, -0.1) is 0 Å². The highest BCUT2D eigenvalue weighted by molar-refractivity contribution is 5.91. The molecule has 2 aromatic heterocycles. The predicted molar refractivity (Wildman–Crippen MR) is 54.6 cm³/mol. The number of nitrogens with one attached hydrogen (secondary N) is 1. The zero-order valence-electron chi connectivity index (χ0n) is 8.57. The van der Waals surface area contributed by atoms with Crippen molar-refractivity contribution in [1.29, 1.82) is 0 Å². The Morgan fingerprint density at radius 1 is 1.60 bits per heavy atom. The van der Waals surface area contributed by atoms with Gasteiger partial charge in [0, 0.05) is 0 Å². The smallest absolute Gasteiger partial charge is 0.356 e.